The molecule has 0 N–H and O–H groups in total. The van der Waals surface area contributed by atoms with Gasteiger partial charge < -0.3 is 4.74 Å². The van der Waals surface area contributed by atoms with Gasteiger partial charge in [0, 0.05) is 13.0 Å². The van der Waals surface area contributed by atoms with Gasteiger partial charge in [0.1, 0.15) is 6.10 Å². The van der Waals surface area contributed by atoms with E-state index in [9.17, 15) is 4.79 Å². The maximum absolute atomic E-state index is 12.2. The monoisotopic (exact) mass is 262 g/mol. The lowest BCUT2D eigenvalue weighted by Gasteiger charge is -2.19. The number of hydrogen-bond donors (Lipinski definition) is 0. The van der Waals surface area contributed by atoms with Gasteiger partial charge in [-0.1, -0.05) is 52.0 Å². The number of hydrogen-bond acceptors (Lipinski definition) is 2. The zero-order valence-corrected chi connectivity index (χ0v) is 12.8. The molecule has 0 saturated heterocycles. The van der Waals surface area contributed by atoms with E-state index in [2.05, 4.69) is 38.1 Å². The second-order valence-corrected chi connectivity index (χ2v) is 5.66. The first-order valence-corrected chi connectivity index (χ1v) is 7.18. The lowest BCUT2D eigenvalue weighted by atomic mass is 9.96. The SMILES string of the molecule is CCOC(C(=O)Cc1ccc(C(C)C)cc1)C(C)C. The standard InChI is InChI=1S/C17H26O2/c1-6-19-17(13(4)5)16(18)11-14-7-9-15(10-8-14)12(2)3/h7-10,12-13,17H,6,11H2,1-5H3. The lowest BCUT2D eigenvalue weighted by molar-refractivity contribution is -0.132. The van der Waals surface area contributed by atoms with E-state index in [1.54, 1.807) is 0 Å². The molecule has 0 bridgehead atoms. The van der Waals surface area contributed by atoms with Gasteiger partial charge in [-0.3, -0.25) is 4.79 Å². The summed E-state index contributed by atoms with van der Waals surface area (Å²) in [5.74, 6) is 0.924. The molecule has 1 atom stereocenters. The van der Waals surface area contributed by atoms with Crippen molar-refractivity contribution in [3.05, 3.63) is 35.4 Å². The van der Waals surface area contributed by atoms with Crippen LogP contribution in [-0.4, -0.2) is 18.5 Å². The van der Waals surface area contributed by atoms with E-state index in [1.807, 2.05) is 20.8 Å². The van der Waals surface area contributed by atoms with Crippen molar-refractivity contribution in [2.45, 2.75) is 53.1 Å². The molecule has 2 nitrogen and oxygen atoms in total. The average molecular weight is 262 g/mol. The fraction of sp³-hybridized carbons (Fsp3) is 0.588. The third kappa shape index (κ3) is 4.79. The molecule has 1 aromatic carbocycles. The highest BCUT2D eigenvalue weighted by Gasteiger charge is 2.22. The molecule has 2 heteroatoms. The lowest BCUT2D eigenvalue weighted by Crippen LogP contribution is -2.31. The summed E-state index contributed by atoms with van der Waals surface area (Å²) in [6.45, 7) is 10.9. The molecule has 0 aliphatic carbocycles. The maximum atomic E-state index is 12.2. The molecule has 0 fully saturated rings. The van der Waals surface area contributed by atoms with Crippen molar-refractivity contribution < 1.29 is 9.53 Å². The average Bonchev–Trinajstić information content (AvgIpc) is 2.36. The highest BCUT2D eigenvalue weighted by Crippen LogP contribution is 2.16. The number of benzene rings is 1. The summed E-state index contributed by atoms with van der Waals surface area (Å²) in [5.41, 5.74) is 2.38. The van der Waals surface area contributed by atoms with Crippen LogP contribution in [0.3, 0.4) is 0 Å². The largest absolute Gasteiger partial charge is 0.370 e. The molecule has 0 amide bonds. The van der Waals surface area contributed by atoms with Crippen molar-refractivity contribution in [2.24, 2.45) is 5.92 Å². The smallest absolute Gasteiger partial charge is 0.166 e. The molecule has 0 radical (unpaired) electrons. The molecule has 1 rings (SSSR count). The van der Waals surface area contributed by atoms with Gasteiger partial charge in [0.2, 0.25) is 0 Å². The van der Waals surface area contributed by atoms with Gasteiger partial charge in [-0.05, 0) is 29.9 Å². The van der Waals surface area contributed by atoms with Crippen LogP contribution in [0.15, 0.2) is 24.3 Å². The Bertz CT molecular complexity index is 390. The van der Waals surface area contributed by atoms with Crippen molar-refractivity contribution in [3.8, 4) is 0 Å². The minimum absolute atomic E-state index is 0.175. The summed E-state index contributed by atoms with van der Waals surface area (Å²) in [7, 11) is 0. The Morgan fingerprint density at radius 3 is 2.11 bits per heavy atom. The van der Waals surface area contributed by atoms with E-state index < -0.39 is 0 Å². The molecule has 1 unspecified atom stereocenters. The van der Waals surface area contributed by atoms with Crippen LogP contribution < -0.4 is 0 Å². The van der Waals surface area contributed by atoms with Gasteiger partial charge in [-0.25, -0.2) is 0 Å². The topological polar surface area (TPSA) is 26.3 Å². The van der Waals surface area contributed by atoms with Crippen LogP contribution in [0.25, 0.3) is 0 Å². The highest BCUT2D eigenvalue weighted by atomic mass is 16.5. The maximum Gasteiger partial charge on any atom is 0.166 e. The predicted octanol–water partition coefficient (Wildman–Crippen LogP) is 3.98. The minimum atomic E-state index is -0.283. The Hall–Kier alpha value is -1.15. The van der Waals surface area contributed by atoms with Gasteiger partial charge in [0.05, 0.1) is 0 Å². The Balaban J connectivity index is 2.69. The Morgan fingerprint density at radius 2 is 1.68 bits per heavy atom. The van der Waals surface area contributed by atoms with E-state index >= 15 is 0 Å². The third-order valence-electron chi connectivity index (χ3n) is 3.29. The summed E-state index contributed by atoms with van der Waals surface area (Å²) in [6.07, 6.45) is 0.177. The van der Waals surface area contributed by atoms with Gasteiger partial charge in [0.25, 0.3) is 0 Å². The number of Topliss-reactive ketones (excluding diaryl/α,β-unsaturated/α-hetero) is 1. The first kappa shape index (κ1) is 15.9. The van der Waals surface area contributed by atoms with Gasteiger partial charge in [0.15, 0.2) is 5.78 Å². The van der Waals surface area contributed by atoms with Crippen LogP contribution in [0, 0.1) is 5.92 Å². The van der Waals surface area contributed by atoms with E-state index in [0.717, 1.165) is 5.56 Å². The Labute approximate surface area is 117 Å². The zero-order chi connectivity index (χ0) is 14.4. The van der Waals surface area contributed by atoms with Crippen molar-refractivity contribution >= 4 is 5.78 Å². The zero-order valence-electron chi connectivity index (χ0n) is 12.8. The number of ketones is 1. The van der Waals surface area contributed by atoms with Crippen molar-refractivity contribution in [1.82, 2.24) is 0 Å². The fourth-order valence-corrected chi connectivity index (χ4v) is 2.16. The summed E-state index contributed by atoms with van der Waals surface area (Å²) in [5, 5.41) is 0. The van der Waals surface area contributed by atoms with E-state index in [1.165, 1.54) is 5.56 Å². The molecular weight excluding hydrogens is 236 g/mol. The normalized spacial score (nSPS) is 13.0. The summed E-state index contributed by atoms with van der Waals surface area (Å²) in [6, 6.07) is 8.32. The van der Waals surface area contributed by atoms with Crippen molar-refractivity contribution in [3.63, 3.8) is 0 Å². The summed E-state index contributed by atoms with van der Waals surface area (Å²) >= 11 is 0. The van der Waals surface area contributed by atoms with Crippen LogP contribution in [0.4, 0.5) is 0 Å². The second kappa shape index (κ2) is 7.44. The Kier molecular flexibility index (Phi) is 6.23. The van der Waals surface area contributed by atoms with Crippen LogP contribution in [-0.2, 0) is 16.0 Å². The van der Waals surface area contributed by atoms with Crippen molar-refractivity contribution in [2.75, 3.05) is 6.61 Å². The quantitative estimate of drug-likeness (QED) is 0.743. The first-order valence-electron chi connectivity index (χ1n) is 7.18. The molecule has 0 aliphatic heterocycles. The summed E-state index contributed by atoms with van der Waals surface area (Å²) < 4.78 is 5.55. The van der Waals surface area contributed by atoms with E-state index in [4.69, 9.17) is 4.74 Å². The third-order valence-corrected chi connectivity index (χ3v) is 3.29. The molecule has 106 valence electrons. The molecule has 1 aromatic rings. The molecule has 0 saturated carbocycles. The van der Waals surface area contributed by atoms with Crippen molar-refractivity contribution in [1.29, 1.82) is 0 Å². The van der Waals surface area contributed by atoms with E-state index in [0.29, 0.717) is 18.9 Å². The second-order valence-electron chi connectivity index (χ2n) is 5.66. The van der Waals surface area contributed by atoms with Crippen LogP contribution in [0.1, 0.15) is 51.7 Å². The minimum Gasteiger partial charge on any atom is -0.370 e. The van der Waals surface area contributed by atoms with Gasteiger partial charge in [-0.15, -0.1) is 0 Å². The fourth-order valence-electron chi connectivity index (χ4n) is 2.16. The van der Waals surface area contributed by atoms with Gasteiger partial charge in [-0.2, -0.15) is 0 Å². The molecule has 0 heterocycles. The van der Waals surface area contributed by atoms with Crippen LogP contribution >= 0.6 is 0 Å². The van der Waals surface area contributed by atoms with Crippen LogP contribution in [0.2, 0.25) is 0 Å². The van der Waals surface area contributed by atoms with Crippen LogP contribution in [0.5, 0.6) is 0 Å². The Morgan fingerprint density at radius 1 is 1.11 bits per heavy atom. The number of carbonyl (C=O) groups excluding carboxylic acids is 1. The predicted molar refractivity (Wildman–Crippen MR) is 79.5 cm³/mol. The van der Waals surface area contributed by atoms with E-state index in [-0.39, 0.29) is 17.8 Å². The first-order chi connectivity index (χ1) is 8.95. The highest BCUT2D eigenvalue weighted by molar-refractivity contribution is 5.85. The molecular formula is C17H26O2. The number of ether oxygens (including phenoxy) is 1. The molecule has 19 heavy (non-hydrogen) atoms. The van der Waals surface area contributed by atoms with Gasteiger partial charge >= 0.3 is 0 Å². The molecule has 0 spiro atoms. The number of rotatable bonds is 7. The number of carbonyl (C=O) groups is 1. The molecule has 0 aliphatic rings. The molecule has 0 aromatic heterocycles. The summed E-state index contributed by atoms with van der Waals surface area (Å²) in [4.78, 5) is 12.2.